The summed E-state index contributed by atoms with van der Waals surface area (Å²) in [5.41, 5.74) is 7.67. The normalized spacial score (nSPS) is 12.3. The molecule has 1 aromatic heterocycles. The molecule has 0 saturated carbocycles. The van der Waals surface area contributed by atoms with Crippen LogP contribution >= 0.6 is 0 Å². The Morgan fingerprint density at radius 3 is 1.98 bits per heavy atom. The van der Waals surface area contributed by atoms with Gasteiger partial charge in [-0.3, -0.25) is 4.98 Å². The minimum atomic E-state index is -0.457. The maximum Gasteiger partial charge on any atom is 0.239 e. The van der Waals surface area contributed by atoms with Gasteiger partial charge in [0.1, 0.15) is 0 Å². The topological polar surface area (TPSA) is 17.8 Å². The van der Waals surface area contributed by atoms with Crippen molar-refractivity contribution in [3.63, 3.8) is 0 Å². The third-order valence-electron chi connectivity index (χ3n) is 7.61. The van der Waals surface area contributed by atoms with Gasteiger partial charge in [0, 0.05) is 24.5 Å². The van der Waals surface area contributed by atoms with Gasteiger partial charge in [-0.1, -0.05) is 151 Å². The quantitative estimate of drug-likeness (QED) is 0.127. The molecule has 0 bridgehead atoms. The number of imidazole rings is 1. The monoisotopic (exact) mass is 536 g/mol. The van der Waals surface area contributed by atoms with Crippen LogP contribution in [0.2, 0.25) is 0 Å². The zero-order chi connectivity index (χ0) is 27.4. The minimum absolute atomic E-state index is 0.387. The lowest BCUT2D eigenvalue weighted by Crippen LogP contribution is -2.29. The standard InChI is InChI=1S/C36H37BN2Si/c1-2-33(23-24-34(30-17-9-4-10-18-30)31-19-11-5-12-20-31)40-28-39-26-25-38-36(39)37-35(32-21-13-6-14-22-32)27-29-15-7-3-8-16-29/h3-23,25-27,34,37H,2,24,28,40H2,1H3. The number of hydrogen-bond acceptors (Lipinski definition) is 1. The fourth-order valence-electron chi connectivity index (χ4n) is 5.33. The maximum atomic E-state index is 4.81. The van der Waals surface area contributed by atoms with Crippen molar-refractivity contribution in [2.45, 2.75) is 31.9 Å². The summed E-state index contributed by atoms with van der Waals surface area (Å²) in [6, 6.07) is 43.2. The first-order chi connectivity index (χ1) is 19.8. The van der Waals surface area contributed by atoms with E-state index in [9.17, 15) is 0 Å². The van der Waals surface area contributed by atoms with Crippen molar-refractivity contribution in [1.82, 2.24) is 9.55 Å². The van der Waals surface area contributed by atoms with E-state index in [1.807, 2.05) is 6.20 Å². The molecule has 4 heteroatoms. The predicted molar refractivity (Wildman–Crippen MR) is 176 cm³/mol. The Balaban J connectivity index is 1.31. The van der Waals surface area contributed by atoms with E-state index in [1.54, 1.807) is 5.20 Å². The highest BCUT2D eigenvalue weighted by Gasteiger charge is 2.14. The van der Waals surface area contributed by atoms with E-state index in [-0.39, 0.29) is 0 Å². The second-order valence-corrected chi connectivity index (χ2v) is 12.1. The van der Waals surface area contributed by atoms with Crippen molar-refractivity contribution < 1.29 is 0 Å². The zero-order valence-corrected chi connectivity index (χ0v) is 24.8. The number of rotatable bonds is 12. The number of nitrogens with zero attached hydrogens (tertiary/aromatic N) is 2. The summed E-state index contributed by atoms with van der Waals surface area (Å²) in [4.78, 5) is 4.81. The number of aromatic nitrogens is 2. The molecule has 1 heterocycles. The van der Waals surface area contributed by atoms with E-state index in [1.165, 1.54) is 27.7 Å². The average Bonchev–Trinajstić information content (AvgIpc) is 3.47. The Hall–Kier alpha value is -4.15. The Kier molecular flexibility index (Phi) is 9.80. The molecule has 0 N–H and O–H groups in total. The zero-order valence-electron chi connectivity index (χ0n) is 23.4. The van der Waals surface area contributed by atoms with E-state index in [4.69, 9.17) is 4.98 Å². The molecule has 0 radical (unpaired) electrons. The van der Waals surface area contributed by atoms with Gasteiger partial charge in [-0.05, 0) is 35.1 Å². The van der Waals surface area contributed by atoms with Gasteiger partial charge in [0.15, 0.2) is 0 Å². The maximum absolute atomic E-state index is 4.81. The number of allylic oxidation sites excluding steroid dienone is 2. The van der Waals surface area contributed by atoms with E-state index >= 15 is 0 Å². The van der Waals surface area contributed by atoms with E-state index in [2.05, 4.69) is 151 Å². The van der Waals surface area contributed by atoms with Gasteiger partial charge in [-0.15, -0.1) is 0 Å². The third-order valence-corrected chi connectivity index (χ3v) is 9.75. The molecular weight excluding hydrogens is 499 g/mol. The predicted octanol–water partition coefficient (Wildman–Crippen LogP) is 6.79. The van der Waals surface area contributed by atoms with E-state index in [0.29, 0.717) is 5.92 Å². The molecule has 5 aromatic rings. The lowest BCUT2D eigenvalue weighted by molar-refractivity contribution is 0.823. The van der Waals surface area contributed by atoms with Crippen LogP contribution in [0, 0.1) is 0 Å². The number of benzene rings is 4. The van der Waals surface area contributed by atoms with E-state index in [0.717, 1.165) is 32.0 Å². The highest BCUT2D eigenvalue weighted by atomic mass is 28.2. The molecule has 4 aromatic carbocycles. The van der Waals surface area contributed by atoms with Crippen LogP contribution in [0.1, 0.15) is 47.9 Å². The largest absolute Gasteiger partial charge is 0.346 e. The van der Waals surface area contributed by atoms with Gasteiger partial charge in [0.25, 0.3) is 0 Å². The van der Waals surface area contributed by atoms with Gasteiger partial charge in [-0.2, -0.15) is 0 Å². The molecule has 0 saturated heterocycles. The van der Waals surface area contributed by atoms with Crippen molar-refractivity contribution in [2.24, 2.45) is 0 Å². The minimum Gasteiger partial charge on any atom is -0.346 e. The highest BCUT2D eigenvalue weighted by Crippen LogP contribution is 2.29. The SMILES string of the molecule is CCC(=CCC(c1ccccc1)c1ccccc1)[SiH2]Cn1ccnc1BC(=Cc1ccccc1)c1ccccc1. The lowest BCUT2D eigenvalue weighted by atomic mass is 9.65. The first kappa shape index (κ1) is 27.4. The van der Waals surface area contributed by atoms with Crippen molar-refractivity contribution in [1.29, 1.82) is 0 Å². The number of hydrogen-bond donors (Lipinski definition) is 0. The molecule has 0 fully saturated rings. The van der Waals surface area contributed by atoms with Gasteiger partial charge in [0.05, 0.1) is 15.2 Å². The molecule has 0 aliphatic heterocycles. The molecule has 5 rings (SSSR count). The van der Waals surface area contributed by atoms with Crippen LogP contribution in [0.25, 0.3) is 11.5 Å². The summed E-state index contributed by atoms with van der Waals surface area (Å²) in [6.45, 7) is 2.31. The summed E-state index contributed by atoms with van der Waals surface area (Å²) in [5.74, 6) is 0.387. The Morgan fingerprint density at radius 1 is 0.800 bits per heavy atom. The Bertz CT molecular complexity index is 1470. The summed E-state index contributed by atoms with van der Waals surface area (Å²) < 4.78 is 2.39. The van der Waals surface area contributed by atoms with Gasteiger partial charge in [0.2, 0.25) is 7.28 Å². The first-order valence-corrected chi connectivity index (χ1v) is 16.1. The lowest BCUT2D eigenvalue weighted by Gasteiger charge is -2.17. The van der Waals surface area contributed by atoms with Gasteiger partial charge >= 0.3 is 0 Å². The second-order valence-electron chi connectivity index (χ2n) is 10.2. The van der Waals surface area contributed by atoms with Crippen LogP contribution in [0.3, 0.4) is 0 Å². The smallest absolute Gasteiger partial charge is 0.239 e. The van der Waals surface area contributed by atoms with Crippen molar-refractivity contribution >= 4 is 34.1 Å². The van der Waals surface area contributed by atoms with Gasteiger partial charge in [-0.25, -0.2) is 0 Å². The molecule has 0 spiro atoms. The molecule has 0 aliphatic carbocycles. The van der Waals surface area contributed by atoms with Crippen LogP contribution < -0.4 is 5.72 Å². The Morgan fingerprint density at radius 2 is 1.38 bits per heavy atom. The molecule has 198 valence electrons. The van der Waals surface area contributed by atoms with Crippen LogP contribution in [0.4, 0.5) is 0 Å². The third kappa shape index (κ3) is 7.49. The Labute approximate surface area is 242 Å². The molecule has 40 heavy (non-hydrogen) atoms. The summed E-state index contributed by atoms with van der Waals surface area (Å²) in [6.07, 6.45) is 12.2. The van der Waals surface area contributed by atoms with E-state index < -0.39 is 9.52 Å². The van der Waals surface area contributed by atoms with Crippen LogP contribution in [0.15, 0.2) is 145 Å². The summed E-state index contributed by atoms with van der Waals surface area (Å²) in [5, 5.41) is 1.64. The molecule has 0 aliphatic rings. The summed E-state index contributed by atoms with van der Waals surface area (Å²) >= 11 is 0. The van der Waals surface area contributed by atoms with Gasteiger partial charge < -0.3 is 4.57 Å². The molecule has 2 nitrogen and oxygen atoms in total. The molecule has 0 atom stereocenters. The summed E-state index contributed by atoms with van der Waals surface area (Å²) in [7, 11) is 0.358. The second kappa shape index (κ2) is 14.3. The molecule has 0 unspecified atom stereocenters. The highest BCUT2D eigenvalue weighted by molar-refractivity contribution is 6.73. The van der Waals surface area contributed by atoms with Crippen LogP contribution in [0.5, 0.6) is 0 Å². The molecule has 0 amide bonds. The van der Waals surface area contributed by atoms with Crippen molar-refractivity contribution in [3.8, 4) is 0 Å². The van der Waals surface area contributed by atoms with Crippen LogP contribution in [-0.2, 0) is 6.17 Å². The van der Waals surface area contributed by atoms with Crippen molar-refractivity contribution in [3.05, 3.63) is 167 Å². The van der Waals surface area contributed by atoms with Crippen molar-refractivity contribution in [2.75, 3.05) is 0 Å². The average molecular weight is 537 g/mol. The van der Waals surface area contributed by atoms with Crippen LogP contribution in [-0.4, -0.2) is 26.4 Å². The fourth-order valence-corrected chi connectivity index (χ4v) is 6.99. The fraction of sp³-hybridized carbons (Fsp3) is 0.139. The first-order valence-electron chi connectivity index (χ1n) is 14.4. The molecular formula is C36H37BN2Si.